The summed E-state index contributed by atoms with van der Waals surface area (Å²) in [4.78, 5) is 14.3. The number of aromatic amines is 1. The Balaban J connectivity index is 1.56. The number of aromatic nitrogens is 4. The van der Waals surface area contributed by atoms with Crippen LogP contribution in [-0.4, -0.2) is 44.5 Å². The molecular formula is C13H21N5O. The first kappa shape index (κ1) is 12.6. The molecule has 3 rings (SSSR count). The van der Waals surface area contributed by atoms with Crippen LogP contribution in [0.15, 0.2) is 0 Å². The first-order valence-corrected chi connectivity index (χ1v) is 7.34. The number of nitrogens with zero attached hydrogens (tertiary/aromatic N) is 4. The van der Waals surface area contributed by atoms with E-state index in [1.54, 1.807) is 0 Å². The first-order chi connectivity index (χ1) is 9.33. The molecule has 0 spiro atoms. The van der Waals surface area contributed by atoms with Crippen molar-refractivity contribution < 1.29 is 4.79 Å². The highest BCUT2D eigenvalue weighted by atomic mass is 16.2. The van der Waals surface area contributed by atoms with Crippen LogP contribution in [-0.2, 0) is 4.79 Å². The van der Waals surface area contributed by atoms with Gasteiger partial charge in [-0.05, 0) is 31.6 Å². The zero-order valence-electron chi connectivity index (χ0n) is 11.2. The molecule has 1 aromatic heterocycles. The molecule has 1 saturated heterocycles. The number of amides is 1. The summed E-state index contributed by atoms with van der Waals surface area (Å²) in [6, 6.07) is 0. The molecular weight excluding hydrogens is 242 g/mol. The fourth-order valence-corrected chi connectivity index (χ4v) is 3.35. The Labute approximate surface area is 112 Å². The molecule has 1 aliphatic heterocycles. The second-order valence-electron chi connectivity index (χ2n) is 5.80. The highest BCUT2D eigenvalue weighted by Gasteiger charge is 2.28. The minimum Gasteiger partial charge on any atom is -0.342 e. The molecule has 1 unspecified atom stereocenters. The van der Waals surface area contributed by atoms with Crippen LogP contribution >= 0.6 is 0 Å². The van der Waals surface area contributed by atoms with Gasteiger partial charge in [0, 0.05) is 25.4 Å². The maximum absolute atomic E-state index is 12.3. The van der Waals surface area contributed by atoms with Crippen LogP contribution in [0.3, 0.4) is 0 Å². The maximum atomic E-state index is 12.3. The minimum absolute atomic E-state index is 0.250. The summed E-state index contributed by atoms with van der Waals surface area (Å²) >= 11 is 0. The van der Waals surface area contributed by atoms with Crippen molar-refractivity contribution in [2.45, 2.75) is 50.9 Å². The Morgan fingerprint density at radius 1 is 1.26 bits per heavy atom. The van der Waals surface area contributed by atoms with Crippen molar-refractivity contribution in [3.05, 3.63) is 5.82 Å². The molecule has 0 aromatic carbocycles. The second-order valence-corrected chi connectivity index (χ2v) is 5.80. The van der Waals surface area contributed by atoms with Gasteiger partial charge < -0.3 is 4.90 Å². The lowest BCUT2D eigenvalue weighted by Crippen LogP contribution is -2.40. The molecule has 1 aromatic rings. The number of piperidine rings is 1. The number of carbonyl (C=O) groups is 1. The quantitative estimate of drug-likeness (QED) is 0.896. The van der Waals surface area contributed by atoms with E-state index in [0.717, 1.165) is 38.2 Å². The molecule has 2 aliphatic rings. The van der Waals surface area contributed by atoms with E-state index < -0.39 is 0 Å². The SMILES string of the molecule is O=C(CC1CCCC1)N1CCCC(c2nn[nH]n2)C1. The predicted octanol–water partition coefficient (Wildman–Crippen LogP) is 1.49. The third-order valence-corrected chi connectivity index (χ3v) is 4.44. The fraction of sp³-hybridized carbons (Fsp3) is 0.846. The van der Waals surface area contributed by atoms with Gasteiger partial charge in [-0.15, -0.1) is 10.2 Å². The van der Waals surface area contributed by atoms with Crippen molar-refractivity contribution in [3.63, 3.8) is 0 Å². The van der Waals surface area contributed by atoms with Gasteiger partial charge in [-0.3, -0.25) is 4.79 Å². The van der Waals surface area contributed by atoms with E-state index in [2.05, 4.69) is 20.6 Å². The zero-order valence-corrected chi connectivity index (χ0v) is 11.2. The van der Waals surface area contributed by atoms with Crippen molar-refractivity contribution in [2.24, 2.45) is 5.92 Å². The Kier molecular flexibility index (Phi) is 3.75. The van der Waals surface area contributed by atoms with Crippen molar-refractivity contribution >= 4 is 5.91 Å². The van der Waals surface area contributed by atoms with E-state index >= 15 is 0 Å². The van der Waals surface area contributed by atoms with Crippen LogP contribution in [0.5, 0.6) is 0 Å². The monoisotopic (exact) mass is 263 g/mol. The van der Waals surface area contributed by atoms with E-state index in [4.69, 9.17) is 0 Å². The van der Waals surface area contributed by atoms with Gasteiger partial charge in [-0.1, -0.05) is 18.1 Å². The average Bonchev–Trinajstić information content (AvgIpc) is 3.12. The van der Waals surface area contributed by atoms with E-state index in [1.807, 2.05) is 4.90 Å². The Bertz CT molecular complexity index is 413. The molecule has 2 fully saturated rings. The molecule has 6 heteroatoms. The standard InChI is InChI=1S/C13H21N5O/c19-12(8-10-4-1-2-5-10)18-7-3-6-11(9-18)13-14-16-17-15-13/h10-11H,1-9H2,(H,14,15,16,17). The van der Waals surface area contributed by atoms with Gasteiger partial charge in [0.15, 0.2) is 5.82 Å². The van der Waals surface area contributed by atoms with Gasteiger partial charge in [0.1, 0.15) is 0 Å². The molecule has 104 valence electrons. The van der Waals surface area contributed by atoms with Gasteiger partial charge in [-0.25, -0.2) is 0 Å². The van der Waals surface area contributed by atoms with Crippen LogP contribution in [0.1, 0.15) is 56.7 Å². The molecule has 1 N–H and O–H groups in total. The second kappa shape index (κ2) is 5.67. The molecule has 1 atom stereocenters. The summed E-state index contributed by atoms with van der Waals surface area (Å²) in [5, 5.41) is 14.2. The molecule has 1 aliphatic carbocycles. The van der Waals surface area contributed by atoms with Crippen LogP contribution in [0.25, 0.3) is 0 Å². The summed E-state index contributed by atoms with van der Waals surface area (Å²) in [7, 11) is 0. The Morgan fingerprint density at radius 3 is 2.84 bits per heavy atom. The summed E-state index contributed by atoms with van der Waals surface area (Å²) in [6.07, 6.45) is 7.87. The molecule has 1 saturated carbocycles. The molecule has 0 radical (unpaired) electrons. The maximum Gasteiger partial charge on any atom is 0.222 e. The van der Waals surface area contributed by atoms with E-state index in [-0.39, 0.29) is 5.92 Å². The first-order valence-electron chi connectivity index (χ1n) is 7.34. The molecule has 0 bridgehead atoms. The van der Waals surface area contributed by atoms with Gasteiger partial charge in [0.25, 0.3) is 0 Å². The topological polar surface area (TPSA) is 74.8 Å². The highest BCUT2D eigenvalue weighted by Crippen LogP contribution is 2.30. The summed E-state index contributed by atoms with van der Waals surface area (Å²) in [6.45, 7) is 1.64. The van der Waals surface area contributed by atoms with Crippen molar-refractivity contribution in [1.82, 2.24) is 25.5 Å². The number of likely N-dealkylation sites (tertiary alicyclic amines) is 1. The van der Waals surface area contributed by atoms with Crippen LogP contribution in [0.4, 0.5) is 0 Å². The smallest absolute Gasteiger partial charge is 0.222 e. The van der Waals surface area contributed by atoms with E-state index in [9.17, 15) is 4.79 Å². The summed E-state index contributed by atoms with van der Waals surface area (Å²) in [5.41, 5.74) is 0. The number of carbonyl (C=O) groups excluding carboxylic acids is 1. The third-order valence-electron chi connectivity index (χ3n) is 4.44. The summed E-state index contributed by atoms with van der Waals surface area (Å²) < 4.78 is 0. The highest BCUT2D eigenvalue weighted by molar-refractivity contribution is 5.76. The Morgan fingerprint density at radius 2 is 2.11 bits per heavy atom. The molecule has 6 nitrogen and oxygen atoms in total. The molecule has 1 amide bonds. The largest absolute Gasteiger partial charge is 0.342 e. The number of hydrogen-bond acceptors (Lipinski definition) is 4. The van der Waals surface area contributed by atoms with E-state index in [1.165, 1.54) is 25.7 Å². The fourth-order valence-electron chi connectivity index (χ4n) is 3.35. The van der Waals surface area contributed by atoms with Crippen LogP contribution in [0, 0.1) is 5.92 Å². The number of H-pyrrole nitrogens is 1. The van der Waals surface area contributed by atoms with Crippen molar-refractivity contribution in [1.29, 1.82) is 0 Å². The number of hydrogen-bond donors (Lipinski definition) is 1. The van der Waals surface area contributed by atoms with Crippen molar-refractivity contribution in [2.75, 3.05) is 13.1 Å². The van der Waals surface area contributed by atoms with Gasteiger partial charge >= 0.3 is 0 Å². The average molecular weight is 263 g/mol. The number of rotatable bonds is 3. The lowest BCUT2D eigenvalue weighted by molar-refractivity contribution is -0.133. The predicted molar refractivity (Wildman–Crippen MR) is 69.3 cm³/mol. The van der Waals surface area contributed by atoms with Gasteiger partial charge in [0.05, 0.1) is 0 Å². The van der Waals surface area contributed by atoms with Crippen LogP contribution in [0.2, 0.25) is 0 Å². The van der Waals surface area contributed by atoms with Gasteiger partial charge in [0.2, 0.25) is 5.91 Å². The minimum atomic E-state index is 0.250. The third kappa shape index (κ3) is 2.93. The summed E-state index contributed by atoms with van der Waals surface area (Å²) in [5.74, 6) is 1.94. The lowest BCUT2D eigenvalue weighted by atomic mass is 9.96. The van der Waals surface area contributed by atoms with Gasteiger partial charge in [-0.2, -0.15) is 5.21 Å². The normalized spacial score (nSPS) is 24.8. The molecule has 2 heterocycles. The molecule has 19 heavy (non-hydrogen) atoms. The van der Waals surface area contributed by atoms with Crippen LogP contribution < -0.4 is 0 Å². The number of tetrazole rings is 1. The number of nitrogens with one attached hydrogen (secondary N) is 1. The Hall–Kier alpha value is -1.46. The zero-order chi connectivity index (χ0) is 13.1. The van der Waals surface area contributed by atoms with E-state index in [0.29, 0.717) is 11.8 Å². The van der Waals surface area contributed by atoms with Crippen molar-refractivity contribution in [3.8, 4) is 0 Å². The lowest BCUT2D eigenvalue weighted by Gasteiger charge is -2.32.